The molecular weight excluding hydrogens is 450 g/mol. The van der Waals surface area contributed by atoms with Crippen LogP contribution in [0.15, 0.2) is 48.5 Å². The molecule has 0 spiro atoms. The number of hydrogen-bond donors (Lipinski definition) is 2. The largest absolute Gasteiger partial charge is 0.507 e. The van der Waals surface area contributed by atoms with Gasteiger partial charge < -0.3 is 20.2 Å². The van der Waals surface area contributed by atoms with Gasteiger partial charge in [-0.15, -0.1) is 0 Å². The molecule has 2 N–H and O–H groups in total. The van der Waals surface area contributed by atoms with Gasteiger partial charge in [0, 0.05) is 26.2 Å². The molecule has 2 aromatic carbocycles. The number of phenols is 1. The quantitative estimate of drug-likeness (QED) is 0.642. The number of thioether (sulfide) groups is 1. The van der Waals surface area contributed by atoms with Crippen molar-refractivity contribution in [2.75, 3.05) is 38.2 Å². The zero-order valence-corrected chi connectivity index (χ0v) is 19.4. The zero-order chi connectivity index (χ0) is 23.1. The number of carbonyl (C=O) groups is 3. The van der Waals surface area contributed by atoms with Crippen LogP contribution in [0.5, 0.6) is 5.75 Å². The summed E-state index contributed by atoms with van der Waals surface area (Å²) < 4.78 is 0. The van der Waals surface area contributed by atoms with E-state index in [1.807, 2.05) is 6.26 Å². The summed E-state index contributed by atoms with van der Waals surface area (Å²) in [5, 5.41) is 13.1. The minimum Gasteiger partial charge on any atom is -0.507 e. The monoisotopic (exact) mass is 475 g/mol. The molecule has 1 aliphatic rings. The normalized spacial score (nSPS) is 14.7. The molecule has 1 fully saturated rings. The van der Waals surface area contributed by atoms with E-state index >= 15 is 0 Å². The van der Waals surface area contributed by atoms with Gasteiger partial charge in [-0.3, -0.25) is 14.4 Å². The van der Waals surface area contributed by atoms with Crippen molar-refractivity contribution in [3.63, 3.8) is 0 Å². The fourth-order valence-electron chi connectivity index (χ4n) is 3.55. The van der Waals surface area contributed by atoms with Gasteiger partial charge in [0.15, 0.2) is 0 Å². The number of carbonyl (C=O) groups excluding carboxylic acids is 3. The number of nitrogens with zero attached hydrogens (tertiary/aromatic N) is 2. The van der Waals surface area contributed by atoms with Crippen molar-refractivity contribution in [1.82, 2.24) is 15.1 Å². The lowest BCUT2D eigenvalue weighted by Gasteiger charge is -2.36. The highest BCUT2D eigenvalue weighted by Gasteiger charge is 2.31. The summed E-state index contributed by atoms with van der Waals surface area (Å²) in [6.07, 6.45) is 2.44. The molecule has 0 bridgehead atoms. The Morgan fingerprint density at radius 1 is 1.00 bits per heavy atom. The van der Waals surface area contributed by atoms with E-state index in [1.54, 1.807) is 64.0 Å². The highest BCUT2D eigenvalue weighted by Crippen LogP contribution is 2.20. The number of aromatic hydroxyl groups is 1. The molecule has 32 heavy (non-hydrogen) atoms. The predicted molar refractivity (Wildman–Crippen MR) is 126 cm³/mol. The van der Waals surface area contributed by atoms with Crippen LogP contribution in [0.4, 0.5) is 0 Å². The summed E-state index contributed by atoms with van der Waals surface area (Å²) in [6, 6.07) is 12.5. The average molecular weight is 476 g/mol. The van der Waals surface area contributed by atoms with Crippen molar-refractivity contribution >= 4 is 41.1 Å². The molecule has 0 aliphatic carbocycles. The maximum atomic E-state index is 13.2. The third-order valence-electron chi connectivity index (χ3n) is 5.35. The van der Waals surface area contributed by atoms with Crippen LogP contribution in [-0.2, 0) is 4.79 Å². The fourth-order valence-corrected chi connectivity index (χ4v) is 4.24. The first-order chi connectivity index (χ1) is 15.4. The van der Waals surface area contributed by atoms with Crippen molar-refractivity contribution in [2.24, 2.45) is 0 Å². The van der Waals surface area contributed by atoms with E-state index in [1.165, 1.54) is 6.07 Å². The van der Waals surface area contributed by atoms with Crippen molar-refractivity contribution in [3.05, 3.63) is 64.7 Å². The third-order valence-corrected chi connectivity index (χ3v) is 6.32. The lowest BCUT2D eigenvalue weighted by molar-refractivity contribution is -0.134. The third kappa shape index (κ3) is 5.75. The first-order valence-corrected chi connectivity index (χ1v) is 12.1. The number of phenolic OH excluding ortho intramolecular Hbond substituents is 1. The Kier molecular flexibility index (Phi) is 8.41. The van der Waals surface area contributed by atoms with Gasteiger partial charge in [0.05, 0.1) is 16.1 Å². The van der Waals surface area contributed by atoms with Gasteiger partial charge >= 0.3 is 0 Å². The van der Waals surface area contributed by atoms with E-state index in [9.17, 15) is 19.5 Å². The molecule has 0 radical (unpaired) electrons. The van der Waals surface area contributed by atoms with Crippen LogP contribution in [0.1, 0.15) is 27.1 Å². The number of para-hydroxylation sites is 1. The van der Waals surface area contributed by atoms with Crippen LogP contribution < -0.4 is 5.32 Å². The summed E-state index contributed by atoms with van der Waals surface area (Å²) in [4.78, 5) is 41.9. The molecule has 1 unspecified atom stereocenters. The lowest BCUT2D eigenvalue weighted by Crippen LogP contribution is -2.56. The number of amides is 3. The van der Waals surface area contributed by atoms with Crippen LogP contribution in [-0.4, -0.2) is 76.9 Å². The molecular formula is C23H26ClN3O4S. The minimum atomic E-state index is -0.674. The van der Waals surface area contributed by atoms with Crippen LogP contribution in [0.3, 0.4) is 0 Å². The first-order valence-electron chi connectivity index (χ1n) is 10.3. The molecule has 0 aromatic heterocycles. The summed E-state index contributed by atoms with van der Waals surface area (Å²) in [5.74, 6) is -0.167. The zero-order valence-electron chi connectivity index (χ0n) is 17.8. The summed E-state index contributed by atoms with van der Waals surface area (Å²) in [5.41, 5.74) is 0.575. The van der Waals surface area contributed by atoms with Gasteiger partial charge in [-0.1, -0.05) is 35.9 Å². The molecule has 9 heteroatoms. The Hall–Kier alpha value is -2.71. The van der Waals surface area contributed by atoms with Gasteiger partial charge in [-0.05, 0) is 42.7 Å². The second-order valence-corrected chi connectivity index (χ2v) is 8.81. The minimum absolute atomic E-state index is 0.0598. The summed E-state index contributed by atoms with van der Waals surface area (Å²) in [7, 11) is 0. The average Bonchev–Trinajstić information content (AvgIpc) is 2.81. The van der Waals surface area contributed by atoms with Crippen molar-refractivity contribution in [3.8, 4) is 5.75 Å². The summed E-state index contributed by atoms with van der Waals surface area (Å²) in [6.45, 7) is 1.42. The van der Waals surface area contributed by atoms with E-state index in [0.717, 1.165) is 0 Å². The molecule has 3 rings (SSSR count). The number of halogens is 1. The van der Waals surface area contributed by atoms with Crippen LogP contribution in [0.25, 0.3) is 0 Å². The molecule has 1 saturated heterocycles. The van der Waals surface area contributed by atoms with E-state index < -0.39 is 6.04 Å². The number of nitrogens with one attached hydrogen (secondary N) is 1. The maximum Gasteiger partial charge on any atom is 0.257 e. The first kappa shape index (κ1) is 23.9. The SMILES string of the molecule is CSCCC(NC(=O)c1ccccc1Cl)C(=O)N1CCN(C(=O)c2ccccc2O)CC1. The highest BCUT2D eigenvalue weighted by molar-refractivity contribution is 7.98. The molecule has 2 aromatic rings. The van der Waals surface area contributed by atoms with Crippen LogP contribution in [0.2, 0.25) is 5.02 Å². The van der Waals surface area contributed by atoms with Crippen LogP contribution >= 0.6 is 23.4 Å². The Morgan fingerprint density at radius 2 is 1.59 bits per heavy atom. The highest BCUT2D eigenvalue weighted by atomic mass is 35.5. The maximum absolute atomic E-state index is 13.2. The number of hydrogen-bond acceptors (Lipinski definition) is 5. The van der Waals surface area contributed by atoms with Gasteiger partial charge in [-0.2, -0.15) is 11.8 Å². The van der Waals surface area contributed by atoms with Crippen molar-refractivity contribution in [1.29, 1.82) is 0 Å². The van der Waals surface area contributed by atoms with E-state index in [-0.39, 0.29) is 29.0 Å². The predicted octanol–water partition coefficient (Wildman–Crippen LogP) is 2.88. The topological polar surface area (TPSA) is 90.0 Å². The molecule has 1 aliphatic heterocycles. The lowest BCUT2D eigenvalue weighted by atomic mass is 10.1. The standard InChI is InChI=1S/C23H26ClN3O4S/c1-32-15-10-19(25-21(29)16-6-2-4-8-18(16)24)23(31)27-13-11-26(12-14-27)22(30)17-7-3-5-9-20(17)28/h2-9,19,28H,10-15H2,1H3,(H,25,29). The molecule has 1 heterocycles. The van der Waals surface area contributed by atoms with Crippen LogP contribution in [0, 0.1) is 0 Å². The molecule has 170 valence electrons. The smallest absolute Gasteiger partial charge is 0.257 e. The Balaban J connectivity index is 1.63. The number of piperazine rings is 1. The molecule has 7 nitrogen and oxygen atoms in total. The number of benzene rings is 2. The Morgan fingerprint density at radius 3 is 2.22 bits per heavy atom. The van der Waals surface area contributed by atoms with E-state index in [4.69, 9.17) is 11.6 Å². The van der Waals surface area contributed by atoms with Gasteiger partial charge in [0.25, 0.3) is 11.8 Å². The number of rotatable bonds is 7. The summed E-state index contributed by atoms with van der Waals surface area (Å²) >= 11 is 7.73. The van der Waals surface area contributed by atoms with E-state index in [0.29, 0.717) is 48.9 Å². The van der Waals surface area contributed by atoms with E-state index in [2.05, 4.69) is 5.32 Å². The molecule has 1 atom stereocenters. The molecule has 0 saturated carbocycles. The molecule has 3 amide bonds. The van der Waals surface area contributed by atoms with Gasteiger partial charge in [-0.25, -0.2) is 0 Å². The van der Waals surface area contributed by atoms with Crippen molar-refractivity contribution in [2.45, 2.75) is 12.5 Å². The Bertz CT molecular complexity index is 979. The van der Waals surface area contributed by atoms with Crippen molar-refractivity contribution < 1.29 is 19.5 Å². The fraction of sp³-hybridized carbons (Fsp3) is 0.348. The second-order valence-electron chi connectivity index (χ2n) is 7.42. The van der Waals surface area contributed by atoms with Gasteiger partial charge in [0.2, 0.25) is 5.91 Å². The second kappa shape index (κ2) is 11.2. The Labute approximate surface area is 196 Å². The van der Waals surface area contributed by atoms with Gasteiger partial charge in [0.1, 0.15) is 11.8 Å².